The van der Waals surface area contributed by atoms with Crippen molar-refractivity contribution < 1.29 is 10.2 Å². The van der Waals surface area contributed by atoms with Gasteiger partial charge < -0.3 is 10.2 Å². The Morgan fingerprint density at radius 2 is 1.70 bits per heavy atom. The van der Waals surface area contributed by atoms with Gasteiger partial charge in [0.15, 0.2) is 5.79 Å². The molecular formula is C21H36O2. The molecule has 0 amide bonds. The Labute approximate surface area is 142 Å². The van der Waals surface area contributed by atoms with Gasteiger partial charge in [-0.25, -0.2) is 0 Å². The molecule has 0 bridgehead atoms. The van der Waals surface area contributed by atoms with Crippen molar-refractivity contribution in [2.24, 2.45) is 40.4 Å². The second-order valence-electron chi connectivity index (χ2n) is 10.0. The molecule has 4 aliphatic rings. The van der Waals surface area contributed by atoms with E-state index in [4.69, 9.17) is 0 Å². The summed E-state index contributed by atoms with van der Waals surface area (Å²) < 4.78 is 0. The Morgan fingerprint density at radius 1 is 0.913 bits per heavy atom. The lowest BCUT2D eigenvalue weighted by atomic mass is 9.44. The third-order valence-electron chi connectivity index (χ3n) is 9.27. The van der Waals surface area contributed by atoms with Crippen LogP contribution in [0.3, 0.4) is 0 Å². The minimum absolute atomic E-state index is 0.110. The van der Waals surface area contributed by atoms with Gasteiger partial charge >= 0.3 is 0 Å². The third-order valence-corrected chi connectivity index (χ3v) is 9.27. The molecule has 2 N–H and O–H groups in total. The van der Waals surface area contributed by atoms with Gasteiger partial charge in [0.2, 0.25) is 0 Å². The van der Waals surface area contributed by atoms with Crippen LogP contribution in [-0.2, 0) is 0 Å². The van der Waals surface area contributed by atoms with Crippen LogP contribution in [0.15, 0.2) is 0 Å². The van der Waals surface area contributed by atoms with Gasteiger partial charge in [-0.05, 0) is 73.0 Å². The highest BCUT2D eigenvalue weighted by Gasteiger charge is 2.66. The van der Waals surface area contributed by atoms with E-state index in [-0.39, 0.29) is 11.3 Å². The Hall–Kier alpha value is -0.0800. The fourth-order valence-electron chi connectivity index (χ4n) is 8.19. The van der Waals surface area contributed by atoms with Gasteiger partial charge in [-0.15, -0.1) is 0 Å². The lowest BCUT2D eigenvalue weighted by Gasteiger charge is -2.61. The molecule has 4 saturated carbocycles. The van der Waals surface area contributed by atoms with Crippen molar-refractivity contribution in [2.75, 3.05) is 0 Å². The summed E-state index contributed by atoms with van der Waals surface area (Å²) in [6.45, 7) is 7.17. The second kappa shape index (κ2) is 5.21. The average molecular weight is 321 g/mol. The van der Waals surface area contributed by atoms with Crippen molar-refractivity contribution >= 4 is 0 Å². The highest BCUT2D eigenvalue weighted by Crippen LogP contribution is 2.69. The molecule has 0 aliphatic heterocycles. The summed E-state index contributed by atoms with van der Waals surface area (Å²) in [7, 11) is 0. The predicted octanol–water partition coefficient (Wildman–Crippen LogP) is 4.74. The molecule has 0 aromatic heterocycles. The maximum atomic E-state index is 10.9. The van der Waals surface area contributed by atoms with E-state index in [1.54, 1.807) is 0 Å². The van der Waals surface area contributed by atoms with Gasteiger partial charge in [0.25, 0.3) is 0 Å². The molecular weight excluding hydrogens is 284 g/mol. The van der Waals surface area contributed by atoms with E-state index in [9.17, 15) is 10.2 Å². The summed E-state index contributed by atoms with van der Waals surface area (Å²) >= 11 is 0. The average Bonchev–Trinajstić information content (AvgIpc) is 2.72. The van der Waals surface area contributed by atoms with Crippen LogP contribution in [0.2, 0.25) is 0 Å². The molecule has 23 heavy (non-hydrogen) atoms. The predicted molar refractivity (Wildman–Crippen MR) is 92.7 cm³/mol. The quantitative estimate of drug-likeness (QED) is 0.685. The van der Waals surface area contributed by atoms with Crippen LogP contribution >= 0.6 is 0 Å². The normalized spacial score (nSPS) is 54.9. The SMILES string of the molecule is CC[C@H]1CC(O)(O)[C@H]2[C@@H]3CCC4CCCC[C@]4(C)[C@H]3CC[C@]12C. The zero-order valence-corrected chi connectivity index (χ0v) is 15.4. The van der Waals surface area contributed by atoms with Crippen molar-refractivity contribution in [3.05, 3.63) is 0 Å². The van der Waals surface area contributed by atoms with Gasteiger partial charge in [0.1, 0.15) is 0 Å². The fraction of sp³-hybridized carbons (Fsp3) is 1.00. The first kappa shape index (κ1) is 16.4. The highest BCUT2D eigenvalue weighted by molar-refractivity contribution is 5.12. The maximum absolute atomic E-state index is 10.9. The van der Waals surface area contributed by atoms with Gasteiger partial charge in [0.05, 0.1) is 0 Å². The molecule has 2 heteroatoms. The van der Waals surface area contributed by atoms with Crippen LogP contribution < -0.4 is 0 Å². The summed E-state index contributed by atoms with van der Waals surface area (Å²) in [5.41, 5.74) is 0.625. The smallest absolute Gasteiger partial charge is 0.166 e. The molecule has 0 spiro atoms. The van der Waals surface area contributed by atoms with E-state index < -0.39 is 5.79 Å². The van der Waals surface area contributed by atoms with Crippen molar-refractivity contribution in [3.8, 4) is 0 Å². The third kappa shape index (κ3) is 2.13. The number of hydrogen-bond acceptors (Lipinski definition) is 2. The van der Waals surface area contributed by atoms with Gasteiger partial charge in [0, 0.05) is 12.3 Å². The monoisotopic (exact) mass is 320 g/mol. The summed E-state index contributed by atoms with van der Waals surface area (Å²) in [6, 6.07) is 0. The molecule has 4 aliphatic carbocycles. The van der Waals surface area contributed by atoms with Gasteiger partial charge in [-0.1, -0.05) is 40.0 Å². The molecule has 0 aromatic rings. The van der Waals surface area contributed by atoms with E-state index in [1.165, 1.54) is 51.4 Å². The Bertz CT molecular complexity index is 472. The standard InChI is InChI=1S/C21H36O2/c1-4-14-13-21(22,23)18-16-9-8-15-7-5-6-11-19(15,2)17(16)10-12-20(14,18)3/h14-18,22-23H,4-13H2,1-3H3/t14-,15?,16+,17-,18-,19-,20+/m0/s1. The molecule has 0 heterocycles. The summed E-state index contributed by atoms with van der Waals surface area (Å²) in [4.78, 5) is 0. The van der Waals surface area contributed by atoms with E-state index in [2.05, 4.69) is 20.8 Å². The lowest BCUT2D eigenvalue weighted by Crippen LogP contribution is -2.56. The van der Waals surface area contributed by atoms with Crippen LogP contribution in [0.4, 0.5) is 0 Å². The molecule has 7 atom stereocenters. The summed E-state index contributed by atoms with van der Waals surface area (Å²) in [5, 5.41) is 21.9. The highest BCUT2D eigenvalue weighted by atomic mass is 16.5. The maximum Gasteiger partial charge on any atom is 0.166 e. The molecule has 0 aromatic carbocycles. The largest absolute Gasteiger partial charge is 0.365 e. The second-order valence-corrected chi connectivity index (χ2v) is 10.0. The molecule has 1 unspecified atom stereocenters. The van der Waals surface area contributed by atoms with E-state index in [0.717, 1.165) is 18.3 Å². The molecule has 2 nitrogen and oxygen atoms in total. The first-order valence-corrected chi connectivity index (χ1v) is 10.3. The minimum atomic E-state index is -1.42. The number of rotatable bonds is 1. The Kier molecular flexibility index (Phi) is 3.71. The molecule has 4 rings (SSSR count). The van der Waals surface area contributed by atoms with Gasteiger partial charge in [-0.2, -0.15) is 0 Å². The first-order valence-electron chi connectivity index (χ1n) is 10.3. The van der Waals surface area contributed by atoms with Crippen molar-refractivity contribution in [1.29, 1.82) is 0 Å². The zero-order chi connectivity index (χ0) is 16.5. The van der Waals surface area contributed by atoms with Crippen LogP contribution in [0, 0.1) is 40.4 Å². The number of hydrogen-bond donors (Lipinski definition) is 2. The van der Waals surface area contributed by atoms with Crippen LogP contribution in [0.5, 0.6) is 0 Å². The number of aliphatic hydroxyl groups is 2. The summed E-state index contributed by atoms with van der Waals surface area (Å²) in [6.07, 6.45) is 12.4. The van der Waals surface area contributed by atoms with Crippen LogP contribution in [-0.4, -0.2) is 16.0 Å². The number of fused-ring (bicyclic) bond motifs is 5. The molecule has 4 fully saturated rings. The van der Waals surface area contributed by atoms with E-state index in [1.807, 2.05) is 0 Å². The fourth-order valence-corrected chi connectivity index (χ4v) is 8.19. The van der Waals surface area contributed by atoms with Crippen LogP contribution in [0.25, 0.3) is 0 Å². The Morgan fingerprint density at radius 3 is 2.43 bits per heavy atom. The summed E-state index contributed by atoms with van der Waals surface area (Å²) in [5.74, 6) is 1.35. The minimum Gasteiger partial charge on any atom is -0.365 e. The molecule has 0 radical (unpaired) electrons. The molecule has 132 valence electrons. The van der Waals surface area contributed by atoms with Crippen molar-refractivity contribution in [1.82, 2.24) is 0 Å². The van der Waals surface area contributed by atoms with Gasteiger partial charge in [-0.3, -0.25) is 0 Å². The molecule has 0 saturated heterocycles. The lowest BCUT2D eigenvalue weighted by molar-refractivity contribution is -0.240. The topological polar surface area (TPSA) is 40.5 Å². The zero-order valence-electron chi connectivity index (χ0n) is 15.4. The van der Waals surface area contributed by atoms with Crippen molar-refractivity contribution in [2.45, 2.75) is 90.8 Å². The first-order chi connectivity index (χ1) is 10.8. The van der Waals surface area contributed by atoms with E-state index >= 15 is 0 Å². The Balaban J connectivity index is 1.70. The van der Waals surface area contributed by atoms with Crippen LogP contribution in [0.1, 0.15) is 85.0 Å². The van der Waals surface area contributed by atoms with E-state index in [0.29, 0.717) is 23.7 Å². The van der Waals surface area contributed by atoms with Crippen molar-refractivity contribution in [3.63, 3.8) is 0 Å².